The molecule has 80 valence electrons. The van der Waals surface area contributed by atoms with Gasteiger partial charge in [0.15, 0.2) is 0 Å². The predicted molar refractivity (Wildman–Crippen MR) is 57.9 cm³/mol. The third-order valence-electron chi connectivity index (χ3n) is 3.22. The summed E-state index contributed by atoms with van der Waals surface area (Å²) < 4.78 is 0. The van der Waals surface area contributed by atoms with Crippen molar-refractivity contribution < 1.29 is 5.11 Å². The second-order valence-electron chi connectivity index (χ2n) is 4.47. The molecule has 0 saturated carbocycles. The summed E-state index contributed by atoms with van der Waals surface area (Å²) in [5.74, 6) is 0. The van der Waals surface area contributed by atoms with Crippen LogP contribution in [0.25, 0.3) is 0 Å². The number of hydrogen-bond donors (Lipinski definition) is 2. The number of aliphatic hydroxyl groups is 1. The van der Waals surface area contributed by atoms with Crippen LogP contribution in [0.1, 0.15) is 53.9 Å². The summed E-state index contributed by atoms with van der Waals surface area (Å²) >= 11 is 0. The Bertz CT molecular complexity index is 139. The zero-order valence-electron chi connectivity index (χ0n) is 9.78. The molecule has 0 spiro atoms. The first-order valence-electron chi connectivity index (χ1n) is 5.36. The molecule has 1 unspecified atom stereocenters. The van der Waals surface area contributed by atoms with Gasteiger partial charge in [0.1, 0.15) is 0 Å². The molecule has 0 aromatic heterocycles. The molecule has 0 aliphatic carbocycles. The maximum Gasteiger partial charge on any atom is 0.0741 e. The largest absolute Gasteiger partial charge is 0.389 e. The van der Waals surface area contributed by atoms with Crippen molar-refractivity contribution in [3.8, 4) is 0 Å². The fourth-order valence-corrected chi connectivity index (χ4v) is 1.03. The second-order valence-corrected chi connectivity index (χ2v) is 4.47. The lowest BCUT2D eigenvalue weighted by Crippen LogP contribution is -2.48. The summed E-state index contributed by atoms with van der Waals surface area (Å²) in [6.45, 7) is 11.1. The van der Waals surface area contributed by atoms with Gasteiger partial charge in [-0.1, -0.05) is 20.8 Å². The Balaban J connectivity index is 3.99. The van der Waals surface area contributed by atoms with E-state index >= 15 is 0 Å². The molecule has 0 heterocycles. The summed E-state index contributed by atoms with van der Waals surface area (Å²) in [5, 5.41) is 13.3. The quantitative estimate of drug-likeness (QED) is 0.669. The van der Waals surface area contributed by atoms with Gasteiger partial charge < -0.3 is 10.4 Å². The third-order valence-corrected chi connectivity index (χ3v) is 3.22. The molecule has 0 rings (SSSR count). The summed E-state index contributed by atoms with van der Waals surface area (Å²) in [6, 6.07) is 0. The molecule has 0 aliphatic rings. The Morgan fingerprint density at radius 1 is 1.00 bits per heavy atom. The van der Waals surface area contributed by atoms with Crippen LogP contribution < -0.4 is 5.32 Å². The highest BCUT2D eigenvalue weighted by atomic mass is 16.3. The maximum absolute atomic E-state index is 9.82. The van der Waals surface area contributed by atoms with Crippen molar-refractivity contribution in [2.45, 2.75) is 65.0 Å². The lowest BCUT2D eigenvalue weighted by atomic mass is 9.93. The first kappa shape index (κ1) is 12.9. The maximum atomic E-state index is 9.82. The summed E-state index contributed by atoms with van der Waals surface area (Å²) in [6.07, 6.45) is 3.00. The van der Waals surface area contributed by atoms with Gasteiger partial charge >= 0.3 is 0 Å². The van der Waals surface area contributed by atoms with Crippen LogP contribution in [0.3, 0.4) is 0 Å². The number of hydrogen-bond acceptors (Lipinski definition) is 2. The van der Waals surface area contributed by atoms with Crippen LogP contribution in [0.2, 0.25) is 0 Å². The molecule has 0 saturated heterocycles. The summed E-state index contributed by atoms with van der Waals surface area (Å²) in [4.78, 5) is 0. The molecule has 1 atom stereocenters. The van der Waals surface area contributed by atoms with Gasteiger partial charge in [-0.3, -0.25) is 0 Å². The first-order valence-corrected chi connectivity index (χ1v) is 5.36. The molecule has 13 heavy (non-hydrogen) atoms. The molecular formula is C11H25NO. The van der Waals surface area contributed by atoms with E-state index in [1.807, 2.05) is 13.8 Å². The van der Waals surface area contributed by atoms with E-state index in [-0.39, 0.29) is 5.54 Å². The topological polar surface area (TPSA) is 32.3 Å². The van der Waals surface area contributed by atoms with Gasteiger partial charge in [0.05, 0.1) is 5.60 Å². The predicted octanol–water partition coefficient (Wildman–Crippen LogP) is 2.32. The summed E-state index contributed by atoms with van der Waals surface area (Å²) in [7, 11) is 0. The highest BCUT2D eigenvalue weighted by molar-refractivity contribution is 4.84. The van der Waals surface area contributed by atoms with E-state index in [0.29, 0.717) is 6.54 Å². The monoisotopic (exact) mass is 187 g/mol. The molecule has 0 amide bonds. The molecule has 2 nitrogen and oxygen atoms in total. The Kier molecular flexibility index (Phi) is 4.93. The van der Waals surface area contributed by atoms with E-state index in [2.05, 4.69) is 26.1 Å². The number of nitrogens with one attached hydrogen (secondary N) is 1. The van der Waals surface area contributed by atoms with Crippen molar-refractivity contribution in [3.05, 3.63) is 0 Å². The van der Waals surface area contributed by atoms with Crippen LogP contribution in [0.4, 0.5) is 0 Å². The third kappa shape index (κ3) is 4.63. The van der Waals surface area contributed by atoms with E-state index in [0.717, 1.165) is 19.3 Å². The van der Waals surface area contributed by atoms with Crippen LogP contribution in [-0.4, -0.2) is 22.8 Å². The van der Waals surface area contributed by atoms with Crippen LogP contribution in [0.15, 0.2) is 0 Å². The normalized spacial score (nSPS) is 17.1. The fourth-order valence-electron chi connectivity index (χ4n) is 1.03. The number of β-amino-alcohol motifs (C(OH)–C–C–N with tert-alkyl or cyclic N) is 1. The van der Waals surface area contributed by atoms with Gasteiger partial charge in [0.25, 0.3) is 0 Å². The van der Waals surface area contributed by atoms with Crippen LogP contribution >= 0.6 is 0 Å². The van der Waals surface area contributed by atoms with E-state index in [1.54, 1.807) is 0 Å². The van der Waals surface area contributed by atoms with Crippen molar-refractivity contribution in [2.24, 2.45) is 0 Å². The highest BCUT2D eigenvalue weighted by Crippen LogP contribution is 2.15. The Labute approximate surface area is 82.7 Å². The SMILES string of the molecule is CCC(C)(O)CNC(C)(CC)CC. The summed E-state index contributed by atoms with van der Waals surface area (Å²) in [5.41, 5.74) is -0.384. The van der Waals surface area contributed by atoms with Crippen LogP contribution in [0, 0.1) is 0 Å². The van der Waals surface area contributed by atoms with Crippen molar-refractivity contribution in [3.63, 3.8) is 0 Å². The van der Waals surface area contributed by atoms with E-state index in [4.69, 9.17) is 0 Å². The van der Waals surface area contributed by atoms with Crippen molar-refractivity contribution in [1.29, 1.82) is 0 Å². The van der Waals surface area contributed by atoms with Crippen molar-refractivity contribution >= 4 is 0 Å². The zero-order chi connectivity index (χ0) is 10.5. The second kappa shape index (κ2) is 4.97. The minimum Gasteiger partial charge on any atom is -0.389 e. The van der Waals surface area contributed by atoms with Gasteiger partial charge in [-0.25, -0.2) is 0 Å². The van der Waals surface area contributed by atoms with Gasteiger partial charge in [-0.05, 0) is 33.1 Å². The molecule has 0 aromatic rings. The average Bonchev–Trinajstić information content (AvgIpc) is 2.14. The molecule has 0 fully saturated rings. The molecule has 0 aromatic carbocycles. The van der Waals surface area contributed by atoms with Gasteiger partial charge in [0, 0.05) is 12.1 Å². The van der Waals surface area contributed by atoms with Crippen LogP contribution in [-0.2, 0) is 0 Å². The standard InChI is InChI=1S/C11H25NO/c1-6-10(4,7-2)12-9-11(5,13)8-3/h12-13H,6-9H2,1-5H3. The molecule has 2 heteroatoms. The smallest absolute Gasteiger partial charge is 0.0741 e. The first-order chi connectivity index (χ1) is 5.89. The Hall–Kier alpha value is -0.0800. The minimum absolute atomic E-state index is 0.180. The van der Waals surface area contributed by atoms with E-state index < -0.39 is 5.60 Å². The van der Waals surface area contributed by atoms with Crippen molar-refractivity contribution in [2.75, 3.05) is 6.54 Å². The van der Waals surface area contributed by atoms with Gasteiger partial charge in [-0.2, -0.15) is 0 Å². The Morgan fingerprint density at radius 2 is 1.46 bits per heavy atom. The molecule has 0 aliphatic heterocycles. The molecular weight excluding hydrogens is 162 g/mol. The average molecular weight is 187 g/mol. The highest BCUT2D eigenvalue weighted by Gasteiger charge is 2.24. The Morgan fingerprint density at radius 3 is 1.77 bits per heavy atom. The molecule has 0 bridgehead atoms. The minimum atomic E-state index is -0.564. The van der Waals surface area contributed by atoms with E-state index in [9.17, 15) is 5.11 Å². The molecule has 0 radical (unpaired) electrons. The van der Waals surface area contributed by atoms with Gasteiger partial charge in [-0.15, -0.1) is 0 Å². The van der Waals surface area contributed by atoms with Crippen LogP contribution in [0.5, 0.6) is 0 Å². The van der Waals surface area contributed by atoms with Gasteiger partial charge in [0.2, 0.25) is 0 Å². The lowest BCUT2D eigenvalue weighted by Gasteiger charge is -2.33. The zero-order valence-corrected chi connectivity index (χ0v) is 9.78. The van der Waals surface area contributed by atoms with E-state index in [1.165, 1.54) is 0 Å². The van der Waals surface area contributed by atoms with Crippen molar-refractivity contribution in [1.82, 2.24) is 5.32 Å². The fraction of sp³-hybridized carbons (Fsp3) is 1.00. The lowest BCUT2D eigenvalue weighted by molar-refractivity contribution is 0.0463. The molecule has 2 N–H and O–H groups in total. The number of rotatable bonds is 6.